The summed E-state index contributed by atoms with van der Waals surface area (Å²) in [5.41, 5.74) is 0.859. The third-order valence-corrected chi connectivity index (χ3v) is 2.17. The number of rotatable bonds is 2. The minimum atomic E-state index is 0.123. The van der Waals surface area contributed by atoms with E-state index in [4.69, 9.17) is 0 Å². The third kappa shape index (κ3) is 1.83. The molecule has 78 valence electrons. The van der Waals surface area contributed by atoms with E-state index in [9.17, 15) is 5.11 Å². The summed E-state index contributed by atoms with van der Waals surface area (Å²) in [6, 6.07) is 7.15. The predicted molar refractivity (Wildman–Crippen MR) is 57.1 cm³/mol. The van der Waals surface area contributed by atoms with Crippen molar-refractivity contribution in [1.29, 1.82) is 0 Å². The first kappa shape index (κ1) is 9.71. The number of hydrogen-bond donors (Lipinski definition) is 1. The first-order chi connectivity index (χ1) is 7.18. The van der Waals surface area contributed by atoms with E-state index >= 15 is 0 Å². The summed E-state index contributed by atoms with van der Waals surface area (Å²) in [6.45, 7) is 4.06. The van der Waals surface area contributed by atoms with Crippen LogP contribution in [0.3, 0.4) is 0 Å². The fourth-order valence-electron chi connectivity index (χ4n) is 1.32. The van der Waals surface area contributed by atoms with Crippen molar-refractivity contribution in [2.24, 2.45) is 0 Å². The summed E-state index contributed by atoms with van der Waals surface area (Å²) in [7, 11) is 0. The molecular weight excluding hydrogens is 190 g/mol. The van der Waals surface area contributed by atoms with E-state index in [1.807, 2.05) is 26.0 Å². The average Bonchev–Trinajstić information content (AvgIpc) is 2.62. The standard InChI is InChI=1S/C11H13N3O/c1-8(2)9-7-11(15)14(13-9)10-5-3-4-6-12-10/h3-8,15H,1-2H3. The van der Waals surface area contributed by atoms with Crippen LogP contribution in [0.25, 0.3) is 5.82 Å². The molecule has 2 aromatic rings. The van der Waals surface area contributed by atoms with E-state index in [-0.39, 0.29) is 5.88 Å². The third-order valence-electron chi connectivity index (χ3n) is 2.17. The number of aromatic hydroxyl groups is 1. The van der Waals surface area contributed by atoms with Crippen LogP contribution < -0.4 is 0 Å². The lowest BCUT2D eigenvalue weighted by atomic mass is 10.1. The maximum atomic E-state index is 9.69. The Balaban J connectivity index is 2.45. The van der Waals surface area contributed by atoms with Gasteiger partial charge in [-0.1, -0.05) is 19.9 Å². The molecule has 1 N–H and O–H groups in total. The van der Waals surface area contributed by atoms with Crippen LogP contribution in [-0.4, -0.2) is 19.9 Å². The molecule has 0 amide bonds. The zero-order valence-corrected chi connectivity index (χ0v) is 8.75. The van der Waals surface area contributed by atoms with Crippen molar-refractivity contribution in [2.75, 3.05) is 0 Å². The highest BCUT2D eigenvalue weighted by atomic mass is 16.3. The van der Waals surface area contributed by atoms with E-state index in [1.54, 1.807) is 18.3 Å². The lowest BCUT2D eigenvalue weighted by molar-refractivity contribution is 0.432. The molecular formula is C11H13N3O. The van der Waals surface area contributed by atoms with Crippen LogP contribution in [0.4, 0.5) is 0 Å². The fourth-order valence-corrected chi connectivity index (χ4v) is 1.32. The monoisotopic (exact) mass is 203 g/mol. The van der Waals surface area contributed by atoms with Gasteiger partial charge in [0.1, 0.15) is 0 Å². The maximum absolute atomic E-state index is 9.69. The second-order valence-corrected chi connectivity index (χ2v) is 3.68. The average molecular weight is 203 g/mol. The maximum Gasteiger partial charge on any atom is 0.215 e. The van der Waals surface area contributed by atoms with Crippen LogP contribution >= 0.6 is 0 Å². The SMILES string of the molecule is CC(C)c1cc(O)n(-c2ccccn2)n1. The molecule has 0 saturated carbocycles. The van der Waals surface area contributed by atoms with Crippen LogP contribution in [0.15, 0.2) is 30.5 Å². The number of nitrogens with zero attached hydrogens (tertiary/aromatic N) is 3. The summed E-state index contributed by atoms with van der Waals surface area (Å²) < 4.78 is 1.44. The summed E-state index contributed by atoms with van der Waals surface area (Å²) in [6.07, 6.45) is 1.67. The van der Waals surface area contributed by atoms with Gasteiger partial charge in [0.2, 0.25) is 5.88 Å². The summed E-state index contributed by atoms with van der Waals surface area (Å²) >= 11 is 0. The number of hydrogen-bond acceptors (Lipinski definition) is 3. The molecule has 0 atom stereocenters. The second-order valence-electron chi connectivity index (χ2n) is 3.68. The van der Waals surface area contributed by atoms with Crippen molar-refractivity contribution < 1.29 is 5.11 Å². The molecule has 0 saturated heterocycles. The van der Waals surface area contributed by atoms with Gasteiger partial charge in [-0.05, 0) is 18.1 Å². The summed E-state index contributed by atoms with van der Waals surface area (Å²) in [5, 5.41) is 14.0. The van der Waals surface area contributed by atoms with Crippen molar-refractivity contribution in [3.8, 4) is 11.7 Å². The lowest BCUT2D eigenvalue weighted by Gasteiger charge is -2.00. The molecule has 0 fully saturated rings. The molecule has 0 aliphatic rings. The molecule has 2 rings (SSSR count). The van der Waals surface area contributed by atoms with Crippen LogP contribution in [0.1, 0.15) is 25.5 Å². The molecule has 0 aromatic carbocycles. The van der Waals surface area contributed by atoms with E-state index in [2.05, 4.69) is 10.1 Å². The highest BCUT2D eigenvalue weighted by Gasteiger charge is 2.10. The lowest BCUT2D eigenvalue weighted by Crippen LogP contribution is -1.99. The summed E-state index contributed by atoms with van der Waals surface area (Å²) in [4.78, 5) is 4.12. The smallest absolute Gasteiger partial charge is 0.215 e. The topological polar surface area (TPSA) is 50.9 Å². The Bertz CT molecular complexity index is 448. The van der Waals surface area contributed by atoms with Crippen molar-refractivity contribution in [2.45, 2.75) is 19.8 Å². The molecule has 0 unspecified atom stereocenters. The predicted octanol–water partition coefficient (Wildman–Crippen LogP) is 2.10. The van der Waals surface area contributed by atoms with Gasteiger partial charge < -0.3 is 5.11 Å². The van der Waals surface area contributed by atoms with Crippen molar-refractivity contribution in [3.63, 3.8) is 0 Å². The van der Waals surface area contributed by atoms with E-state index in [0.717, 1.165) is 5.69 Å². The largest absolute Gasteiger partial charge is 0.493 e. The van der Waals surface area contributed by atoms with Crippen molar-refractivity contribution in [1.82, 2.24) is 14.8 Å². The molecule has 0 bridgehead atoms. The quantitative estimate of drug-likeness (QED) is 0.813. The fraction of sp³-hybridized carbons (Fsp3) is 0.273. The van der Waals surface area contributed by atoms with Gasteiger partial charge in [-0.3, -0.25) is 0 Å². The van der Waals surface area contributed by atoms with Gasteiger partial charge in [0, 0.05) is 12.3 Å². The zero-order chi connectivity index (χ0) is 10.8. The van der Waals surface area contributed by atoms with E-state index < -0.39 is 0 Å². The Hall–Kier alpha value is -1.84. The summed E-state index contributed by atoms with van der Waals surface area (Å²) in [5.74, 6) is 1.04. The highest BCUT2D eigenvalue weighted by Crippen LogP contribution is 2.21. The Morgan fingerprint density at radius 2 is 2.13 bits per heavy atom. The van der Waals surface area contributed by atoms with Crippen LogP contribution in [0, 0.1) is 0 Å². The Morgan fingerprint density at radius 3 is 2.67 bits per heavy atom. The molecule has 0 aliphatic heterocycles. The molecule has 2 heterocycles. The molecule has 0 aliphatic carbocycles. The van der Waals surface area contributed by atoms with Crippen molar-refractivity contribution >= 4 is 0 Å². The molecule has 2 aromatic heterocycles. The van der Waals surface area contributed by atoms with Gasteiger partial charge in [0.15, 0.2) is 5.82 Å². The second kappa shape index (κ2) is 3.73. The zero-order valence-electron chi connectivity index (χ0n) is 8.75. The Morgan fingerprint density at radius 1 is 1.33 bits per heavy atom. The molecule has 15 heavy (non-hydrogen) atoms. The molecule has 4 heteroatoms. The van der Waals surface area contributed by atoms with Crippen molar-refractivity contribution in [3.05, 3.63) is 36.2 Å². The van der Waals surface area contributed by atoms with Crippen LogP contribution in [-0.2, 0) is 0 Å². The minimum absolute atomic E-state index is 0.123. The normalized spacial score (nSPS) is 10.9. The number of aromatic nitrogens is 3. The minimum Gasteiger partial charge on any atom is -0.493 e. The van der Waals surface area contributed by atoms with Gasteiger partial charge in [0.05, 0.1) is 5.69 Å². The Labute approximate surface area is 88.2 Å². The number of pyridine rings is 1. The van der Waals surface area contributed by atoms with E-state index in [1.165, 1.54) is 4.68 Å². The molecule has 0 radical (unpaired) electrons. The van der Waals surface area contributed by atoms with Gasteiger partial charge in [-0.15, -0.1) is 0 Å². The van der Waals surface area contributed by atoms with E-state index in [0.29, 0.717) is 11.7 Å². The Kier molecular flexibility index (Phi) is 2.41. The van der Waals surface area contributed by atoms with Crippen LogP contribution in [0.2, 0.25) is 0 Å². The molecule has 4 nitrogen and oxygen atoms in total. The molecule has 0 spiro atoms. The van der Waals surface area contributed by atoms with Gasteiger partial charge in [-0.2, -0.15) is 9.78 Å². The van der Waals surface area contributed by atoms with Gasteiger partial charge >= 0.3 is 0 Å². The van der Waals surface area contributed by atoms with Crippen LogP contribution in [0.5, 0.6) is 5.88 Å². The highest BCUT2D eigenvalue weighted by molar-refractivity contribution is 5.29. The first-order valence-corrected chi connectivity index (χ1v) is 4.89. The first-order valence-electron chi connectivity index (χ1n) is 4.89. The van der Waals surface area contributed by atoms with Gasteiger partial charge in [0.25, 0.3) is 0 Å². The van der Waals surface area contributed by atoms with Gasteiger partial charge in [-0.25, -0.2) is 4.98 Å².